The van der Waals surface area contributed by atoms with Crippen molar-refractivity contribution in [1.29, 1.82) is 5.26 Å². The number of amides is 1. The quantitative estimate of drug-likeness (QED) is 0.237. The molecule has 0 aliphatic rings. The molecule has 4 nitrogen and oxygen atoms in total. The molecule has 0 fully saturated rings. The summed E-state index contributed by atoms with van der Waals surface area (Å²) < 4.78 is 7.21. The van der Waals surface area contributed by atoms with Gasteiger partial charge in [0.05, 0.1) is 8.04 Å². The van der Waals surface area contributed by atoms with Crippen LogP contribution in [0.5, 0.6) is 5.75 Å². The Kier molecular flexibility index (Phi) is 7.42. The molecular formula is C20H16BrIN2O2. The van der Waals surface area contributed by atoms with Crippen LogP contribution in [-0.2, 0) is 4.79 Å². The summed E-state index contributed by atoms with van der Waals surface area (Å²) in [6, 6.07) is 13.0. The summed E-state index contributed by atoms with van der Waals surface area (Å²) in [6.45, 7) is 5.96. The van der Waals surface area contributed by atoms with E-state index in [0.29, 0.717) is 18.0 Å². The number of aryl methyl sites for hydroxylation is 1. The van der Waals surface area contributed by atoms with Gasteiger partial charge in [-0.1, -0.05) is 24.8 Å². The molecule has 0 saturated heterocycles. The topological polar surface area (TPSA) is 62.1 Å². The summed E-state index contributed by atoms with van der Waals surface area (Å²) in [6.07, 6.45) is 3.22. The predicted molar refractivity (Wildman–Crippen MR) is 116 cm³/mol. The first-order valence-electron chi connectivity index (χ1n) is 7.67. The highest BCUT2D eigenvalue weighted by molar-refractivity contribution is 14.1. The minimum absolute atomic E-state index is 0.0222. The zero-order valence-electron chi connectivity index (χ0n) is 14.1. The summed E-state index contributed by atoms with van der Waals surface area (Å²) in [4.78, 5) is 12.4. The lowest BCUT2D eigenvalue weighted by atomic mass is 10.1. The van der Waals surface area contributed by atoms with Gasteiger partial charge in [0.2, 0.25) is 0 Å². The second-order valence-electron chi connectivity index (χ2n) is 5.41. The molecule has 0 heterocycles. The lowest BCUT2D eigenvalue weighted by molar-refractivity contribution is -0.112. The minimum Gasteiger partial charge on any atom is -0.487 e. The van der Waals surface area contributed by atoms with E-state index in [1.807, 2.05) is 37.3 Å². The number of ether oxygens (including phenoxy) is 1. The average molecular weight is 523 g/mol. The third kappa shape index (κ3) is 5.44. The van der Waals surface area contributed by atoms with E-state index in [-0.39, 0.29) is 5.57 Å². The fourth-order valence-electron chi connectivity index (χ4n) is 2.18. The SMILES string of the molecule is C=CCOc1c(Br)cc(/C=C(/C#N)C(=O)Nc2cccc(C)c2)cc1I. The molecule has 0 radical (unpaired) electrons. The first-order valence-corrected chi connectivity index (χ1v) is 9.54. The number of nitriles is 1. The Labute approximate surface area is 174 Å². The number of halogens is 2. The van der Waals surface area contributed by atoms with Crippen molar-refractivity contribution in [2.45, 2.75) is 6.92 Å². The van der Waals surface area contributed by atoms with Crippen LogP contribution in [0, 0.1) is 21.8 Å². The first kappa shape index (κ1) is 20.2. The smallest absolute Gasteiger partial charge is 0.266 e. The fourth-order valence-corrected chi connectivity index (χ4v) is 3.95. The fraction of sp³-hybridized carbons (Fsp3) is 0.100. The molecule has 0 bridgehead atoms. The molecule has 0 saturated carbocycles. The van der Waals surface area contributed by atoms with Crippen LogP contribution < -0.4 is 10.1 Å². The van der Waals surface area contributed by atoms with Crippen molar-refractivity contribution in [1.82, 2.24) is 0 Å². The molecule has 1 amide bonds. The highest BCUT2D eigenvalue weighted by atomic mass is 127. The van der Waals surface area contributed by atoms with Crippen LogP contribution in [0.25, 0.3) is 6.08 Å². The standard InChI is InChI=1S/C20H16BrIN2O2/c1-3-7-26-19-17(21)10-14(11-18(19)22)9-15(12-23)20(25)24-16-6-4-5-13(2)8-16/h3-6,8-11H,1,7H2,2H3,(H,24,25)/b15-9-. The van der Waals surface area contributed by atoms with Crippen molar-refractivity contribution in [3.05, 3.63) is 73.8 Å². The lowest BCUT2D eigenvalue weighted by Gasteiger charge is -2.10. The first-order chi connectivity index (χ1) is 12.4. The average Bonchev–Trinajstić information content (AvgIpc) is 2.59. The van der Waals surface area contributed by atoms with E-state index in [1.54, 1.807) is 24.3 Å². The Balaban J connectivity index is 2.26. The van der Waals surface area contributed by atoms with Gasteiger partial charge < -0.3 is 10.1 Å². The Morgan fingerprint density at radius 2 is 2.19 bits per heavy atom. The molecule has 0 spiro atoms. The van der Waals surface area contributed by atoms with Crippen molar-refractivity contribution in [3.63, 3.8) is 0 Å². The molecule has 0 unspecified atom stereocenters. The molecule has 0 aliphatic heterocycles. The number of carbonyl (C=O) groups excluding carboxylic acids is 1. The van der Waals surface area contributed by atoms with Gasteiger partial charge in [0.15, 0.2) is 0 Å². The van der Waals surface area contributed by atoms with E-state index in [9.17, 15) is 10.1 Å². The van der Waals surface area contributed by atoms with Crippen LogP contribution in [0.15, 0.2) is 59.1 Å². The van der Waals surface area contributed by atoms with Gasteiger partial charge in [-0.3, -0.25) is 4.79 Å². The van der Waals surface area contributed by atoms with Crippen LogP contribution in [0.1, 0.15) is 11.1 Å². The van der Waals surface area contributed by atoms with Crippen LogP contribution in [0.4, 0.5) is 5.69 Å². The number of nitrogens with one attached hydrogen (secondary N) is 1. The lowest BCUT2D eigenvalue weighted by Crippen LogP contribution is -2.13. The summed E-state index contributed by atoms with van der Waals surface area (Å²) in [5.74, 6) is 0.251. The highest BCUT2D eigenvalue weighted by Gasteiger charge is 2.12. The van der Waals surface area contributed by atoms with Gasteiger partial charge in [0, 0.05) is 5.69 Å². The Morgan fingerprint density at radius 1 is 1.42 bits per heavy atom. The molecule has 2 aromatic rings. The number of benzene rings is 2. The molecule has 2 aromatic carbocycles. The summed E-state index contributed by atoms with van der Waals surface area (Å²) in [7, 11) is 0. The third-order valence-corrected chi connectivity index (χ3v) is 4.71. The van der Waals surface area contributed by atoms with Crippen molar-refractivity contribution >= 4 is 56.2 Å². The van der Waals surface area contributed by atoms with Gasteiger partial charge in [0.1, 0.15) is 24.0 Å². The number of hydrogen-bond acceptors (Lipinski definition) is 3. The normalized spacial score (nSPS) is 10.8. The van der Waals surface area contributed by atoms with E-state index in [2.05, 4.69) is 50.4 Å². The van der Waals surface area contributed by atoms with E-state index in [0.717, 1.165) is 19.2 Å². The van der Waals surface area contributed by atoms with Gasteiger partial charge in [-0.2, -0.15) is 5.26 Å². The highest BCUT2D eigenvalue weighted by Crippen LogP contribution is 2.32. The zero-order chi connectivity index (χ0) is 19.1. The van der Waals surface area contributed by atoms with Crippen LogP contribution >= 0.6 is 38.5 Å². The van der Waals surface area contributed by atoms with Gasteiger partial charge in [-0.25, -0.2) is 0 Å². The second-order valence-corrected chi connectivity index (χ2v) is 7.42. The van der Waals surface area contributed by atoms with Gasteiger partial charge in [0.25, 0.3) is 5.91 Å². The number of anilines is 1. The molecule has 1 N–H and O–H groups in total. The maximum absolute atomic E-state index is 12.4. The number of nitrogens with zero attached hydrogens (tertiary/aromatic N) is 1. The van der Waals surface area contributed by atoms with E-state index >= 15 is 0 Å². The van der Waals surface area contributed by atoms with Crippen LogP contribution in [-0.4, -0.2) is 12.5 Å². The maximum atomic E-state index is 12.4. The molecule has 0 aromatic heterocycles. The van der Waals surface area contributed by atoms with Crippen molar-refractivity contribution in [3.8, 4) is 11.8 Å². The molecule has 0 aliphatic carbocycles. The predicted octanol–water partition coefficient (Wildman–Crippen LogP) is 5.47. The van der Waals surface area contributed by atoms with Crippen molar-refractivity contribution in [2.24, 2.45) is 0 Å². The monoisotopic (exact) mass is 522 g/mol. The Bertz CT molecular complexity index is 893. The number of rotatable bonds is 6. The molecule has 2 rings (SSSR count). The number of hydrogen-bond donors (Lipinski definition) is 1. The van der Waals surface area contributed by atoms with Crippen molar-refractivity contribution < 1.29 is 9.53 Å². The largest absolute Gasteiger partial charge is 0.487 e. The Morgan fingerprint density at radius 3 is 2.81 bits per heavy atom. The van der Waals surface area contributed by atoms with Gasteiger partial charge >= 0.3 is 0 Å². The molecular weight excluding hydrogens is 507 g/mol. The minimum atomic E-state index is -0.448. The molecule has 132 valence electrons. The maximum Gasteiger partial charge on any atom is 0.266 e. The molecule has 6 heteroatoms. The third-order valence-electron chi connectivity index (χ3n) is 3.32. The van der Waals surface area contributed by atoms with Crippen LogP contribution in [0.2, 0.25) is 0 Å². The van der Waals surface area contributed by atoms with Gasteiger partial charge in [-0.05, 0) is 86.9 Å². The van der Waals surface area contributed by atoms with E-state index < -0.39 is 5.91 Å². The van der Waals surface area contributed by atoms with Crippen LogP contribution in [0.3, 0.4) is 0 Å². The zero-order valence-corrected chi connectivity index (χ0v) is 17.8. The van der Waals surface area contributed by atoms with E-state index in [1.165, 1.54) is 0 Å². The Hall–Kier alpha value is -2.11. The van der Waals surface area contributed by atoms with E-state index in [4.69, 9.17) is 4.74 Å². The molecule has 26 heavy (non-hydrogen) atoms. The summed E-state index contributed by atoms with van der Waals surface area (Å²) in [5, 5.41) is 12.1. The van der Waals surface area contributed by atoms with Gasteiger partial charge in [-0.15, -0.1) is 0 Å². The summed E-state index contributed by atoms with van der Waals surface area (Å²) >= 11 is 5.61. The summed E-state index contributed by atoms with van der Waals surface area (Å²) in [5.41, 5.74) is 2.43. The van der Waals surface area contributed by atoms with Crippen molar-refractivity contribution in [2.75, 3.05) is 11.9 Å². The molecule has 0 atom stereocenters. The number of carbonyl (C=O) groups is 1. The second kappa shape index (κ2) is 9.55.